The van der Waals surface area contributed by atoms with Crippen molar-refractivity contribution in [1.82, 2.24) is 9.47 Å². The second-order valence-electron chi connectivity index (χ2n) is 6.76. The predicted octanol–water partition coefficient (Wildman–Crippen LogP) is 2.91. The van der Waals surface area contributed by atoms with E-state index in [1.807, 2.05) is 22.7 Å². The van der Waals surface area contributed by atoms with Crippen LogP contribution in [0.3, 0.4) is 0 Å². The molecule has 1 aromatic rings. The summed E-state index contributed by atoms with van der Waals surface area (Å²) in [4.78, 5) is 14.5. The number of hydrogen-bond acceptors (Lipinski definition) is 2. The number of nitrogen functional groups attached to an aromatic ring is 1. The Kier molecular flexibility index (Phi) is 3.37. The molecule has 1 aliphatic rings. The van der Waals surface area contributed by atoms with Crippen molar-refractivity contribution >= 4 is 11.6 Å². The third-order valence-corrected chi connectivity index (χ3v) is 4.18. The van der Waals surface area contributed by atoms with Crippen molar-refractivity contribution < 1.29 is 4.79 Å². The van der Waals surface area contributed by atoms with E-state index >= 15 is 0 Å². The maximum absolute atomic E-state index is 12.6. The smallest absolute Gasteiger partial charge is 0.270 e. The molecule has 1 saturated carbocycles. The van der Waals surface area contributed by atoms with Gasteiger partial charge >= 0.3 is 0 Å². The van der Waals surface area contributed by atoms with Crippen molar-refractivity contribution in [3.63, 3.8) is 0 Å². The standard InChI is InChI=1S/C15H25N3O/c1-10(15(2,3)4)17(5)14(19)13-8-11(16)9-18(13)12-6-7-12/h8-10,12H,6-7,16H2,1-5H3. The maximum atomic E-state index is 12.6. The highest BCUT2D eigenvalue weighted by Gasteiger charge is 2.32. The summed E-state index contributed by atoms with van der Waals surface area (Å²) in [5, 5.41) is 0. The predicted molar refractivity (Wildman–Crippen MR) is 78.1 cm³/mol. The fourth-order valence-corrected chi connectivity index (χ4v) is 2.26. The van der Waals surface area contributed by atoms with Crippen molar-refractivity contribution in [3.8, 4) is 0 Å². The molecule has 0 bridgehead atoms. The number of anilines is 1. The Morgan fingerprint density at radius 1 is 1.47 bits per heavy atom. The van der Waals surface area contributed by atoms with E-state index in [4.69, 9.17) is 5.73 Å². The molecule has 1 unspecified atom stereocenters. The number of rotatable bonds is 3. The lowest BCUT2D eigenvalue weighted by Gasteiger charge is -2.35. The van der Waals surface area contributed by atoms with Crippen molar-refractivity contribution in [2.24, 2.45) is 5.41 Å². The molecule has 2 rings (SSSR count). The molecule has 0 radical (unpaired) electrons. The first-order valence-electron chi connectivity index (χ1n) is 6.96. The molecule has 0 spiro atoms. The van der Waals surface area contributed by atoms with E-state index in [2.05, 4.69) is 27.7 Å². The van der Waals surface area contributed by atoms with E-state index in [0.29, 0.717) is 11.7 Å². The molecule has 106 valence electrons. The van der Waals surface area contributed by atoms with Crippen LogP contribution in [0, 0.1) is 5.41 Å². The molecule has 1 aromatic heterocycles. The van der Waals surface area contributed by atoms with Crippen LogP contribution < -0.4 is 5.73 Å². The lowest BCUT2D eigenvalue weighted by atomic mass is 9.87. The van der Waals surface area contributed by atoms with Gasteiger partial charge in [0.05, 0.1) is 5.69 Å². The van der Waals surface area contributed by atoms with E-state index in [-0.39, 0.29) is 17.4 Å². The van der Waals surface area contributed by atoms with Gasteiger partial charge in [-0.05, 0) is 31.2 Å². The molecule has 1 aliphatic carbocycles. The first kappa shape index (κ1) is 14.0. The van der Waals surface area contributed by atoms with E-state index < -0.39 is 0 Å². The van der Waals surface area contributed by atoms with Gasteiger partial charge in [0, 0.05) is 25.3 Å². The van der Waals surface area contributed by atoms with E-state index in [1.54, 1.807) is 6.07 Å². The highest BCUT2D eigenvalue weighted by atomic mass is 16.2. The quantitative estimate of drug-likeness (QED) is 0.911. The Morgan fingerprint density at radius 3 is 2.53 bits per heavy atom. The summed E-state index contributed by atoms with van der Waals surface area (Å²) in [6.45, 7) is 8.53. The van der Waals surface area contributed by atoms with Gasteiger partial charge in [0.15, 0.2) is 0 Å². The van der Waals surface area contributed by atoms with Crippen molar-refractivity contribution in [2.45, 2.75) is 52.6 Å². The fraction of sp³-hybridized carbons (Fsp3) is 0.667. The zero-order valence-electron chi connectivity index (χ0n) is 12.6. The number of amides is 1. The number of carbonyl (C=O) groups is 1. The van der Waals surface area contributed by atoms with Gasteiger partial charge in [0.2, 0.25) is 0 Å². The van der Waals surface area contributed by atoms with Gasteiger partial charge in [0.25, 0.3) is 5.91 Å². The lowest BCUT2D eigenvalue weighted by Crippen LogP contribution is -2.43. The molecule has 0 aromatic carbocycles. The third kappa shape index (κ3) is 2.77. The maximum Gasteiger partial charge on any atom is 0.270 e. The zero-order valence-corrected chi connectivity index (χ0v) is 12.6. The van der Waals surface area contributed by atoms with E-state index in [1.165, 1.54) is 0 Å². The van der Waals surface area contributed by atoms with Crippen LogP contribution in [0.4, 0.5) is 5.69 Å². The van der Waals surface area contributed by atoms with Crippen LogP contribution in [0.15, 0.2) is 12.3 Å². The largest absolute Gasteiger partial charge is 0.397 e. The summed E-state index contributed by atoms with van der Waals surface area (Å²) in [6.07, 6.45) is 4.18. The second kappa shape index (κ2) is 4.58. The van der Waals surface area contributed by atoms with Gasteiger partial charge in [-0.1, -0.05) is 20.8 Å². The first-order valence-corrected chi connectivity index (χ1v) is 6.96. The molecule has 4 heteroatoms. The molecule has 2 N–H and O–H groups in total. The number of nitrogens with two attached hydrogens (primary N) is 1. The SMILES string of the molecule is CC(N(C)C(=O)c1cc(N)cn1C1CC1)C(C)(C)C. The second-order valence-corrected chi connectivity index (χ2v) is 6.76. The molecule has 1 atom stereocenters. The van der Waals surface area contributed by atoms with Gasteiger partial charge < -0.3 is 15.2 Å². The van der Waals surface area contributed by atoms with Crippen molar-refractivity contribution in [2.75, 3.05) is 12.8 Å². The normalized spacial score (nSPS) is 17.3. The van der Waals surface area contributed by atoms with E-state index in [0.717, 1.165) is 18.5 Å². The Bertz CT molecular complexity index is 480. The van der Waals surface area contributed by atoms with Crippen LogP contribution in [0.5, 0.6) is 0 Å². The summed E-state index contributed by atoms with van der Waals surface area (Å²) < 4.78 is 2.05. The van der Waals surface area contributed by atoms with Gasteiger partial charge in [0.1, 0.15) is 5.69 Å². The van der Waals surface area contributed by atoms with E-state index in [9.17, 15) is 4.79 Å². The number of aromatic nitrogens is 1. The van der Waals surface area contributed by atoms with Crippen LogP contribution in [0.25, 0.3) is 0 Å². The van der Waals surface area contributed by atoms with Gasteiger partial charge in [-0.25, -0.2) is 0 Å². The molecule has 4 nitrogen and oxygen atoms in total. The number of carbonyl (C=O) groups excluding carboxylic acids is 1. The highest BCUT2D eigenvalue weighted by Crippen LogP contribution is 2.37. The van der Waals surface area contributed by atoms with Crippen LogP contribution >= 0.6 is 0 Å². The topological polar surface area (TPSA) is 51.3 Å². The molecule has 1 fully saturated rings. The zero-order chi connectivity index (χ0) is 14.4. The molecular formula is C15H25N3O. The van der Waals surface area contributed by atoms with Crippen LogP contribution in [0.1, 0.15) is 57.1 Å². The molecule has 1 amide bonds. The molecule has 19 heavy (non-hydrogen) atoms. The summed E-state index contributed by atoms with van der Waals surface area (Å²) >= 11 is 0. The summed E-state index contributed by atoms with van der Waals surface area (Å²) in [7, 11) is 1.87. The minimum Gasteiger partial charge on any atom is -0.397 e. The Morgan fingerprint density at radius 2 is 2.05 bits per heavy atom. The van der Waals surface area contributed by atoms with Crippen LogP contribution in [-0.2, 0) is 0 Å². The van der Waals surface area contributed by atoms with Crippen LogP contribution in [-0.4, -0.2) is 28.5 Å². The Hall–Kier alpha value is -1.45. The number of hydrogen-bond donors (Lipinski definition) is 1. The molecular weight excluding hydrogens is 238 g/mol. The minimum atomic E-state index is 0.0611. The first-order chi connectivity index (χ1) is 8.71. The summed E-state index contributed by atoms with van der Waals surface area (Å²) in [6, 6.07) is 2.44. The minimum absolute atomic E-state index is 0.0611. The molecule has 1 heterocycles. The Labute approximate surface area is 115 Å². The average molecular weight is 263 g/mol. The Balaban J connectivity index is 2.24. The monoisotopic (exact) mass is 263 g/mol. The summed E-state index contributed by atoms with van der Waals surface area (Å²) in [5.41, 5.74) is 7.31. The third-order valence-electron chi connectivity index (χ3n) is 4.18. The van der Waals surface area contributed by atoms with Gasteiger partial charge in [-0.15, -0.1) is 0 Å². The van der Waals surface area contributed by atoms with Gasteiger partial charge in [-0.2, -0.15) is 0 Å². The van der Waals surface area contributed by atoms with Crippen molar-refractivity contribution in [1.29, 1.82) is 0 Å². The van der Waals surface area contributed by atoms with Crippen molar-refractivity contribution in [3.05, 3.63) is 18.0 Å². The molecule has 0 aliphatic heterocycles. The van der Waals surface area contributed by atoms with Crippen LogP contribution in [0.2, 0.25) is 0 Å². The molecule has 0 saturated heterocycles. The number of nitrogens with zero attached hydrogens (tertiary/aromatic N) is 2. The highest BCUT2D eigenvalue weighted by molar-refractivity contribution is 5.94. The fourth-order valence-electron chi connectivity index (χ4n) is 2.26. The lowest BCUT2D eigenvalue weighted by molar-refractivity contribution is 0.0618. The average Bonchev–Trinajstić information content (AvgIpc) is 3.08. The van der Waals surface area contributed by atoms with Gasteiger partial charge in [-0.3, -0.25) is 4.79 Å². The summed E-state index contributed by atoms with van der Waals surface area (Å²) in [5.74, 6) is 0.0611.